The number of para-hydroxylation sites is 1. The van der Waals surface area contributed by atoms with Gasteiger partial charge < -0.3 is 20.3 Å². The Labute approximate surface area is 193 Å². The van der Waals surface area contributed by atoms with Gasteiger partial charge in [-0.2, -0.15) is 0 Å². The maximum Gasteiger partial charge on any atom is 0.191 e. The lowest BCUT2D eigenvalue weighted by atomic mass is 10.1. The number of rotatable bonds is 6. The highest BCUT2D eigenvalue weighted by atomic mass is 127. The highest BCUT2D eigenvalue weighted by molar-refractivity contribution is 14.0. The van der Waals surface area contributed by atoms with E-state index >= 15 is 0 Å². The third-order valence-corrected chi connectivity index (χ3v) is 5.41. The molecular weight excluding hydrogens is 531 g/mol. The number of anilines is 1. The second kappa shape index (κ2) is 11.6. The third-order valence-electron chi connectivity index (χ3n) is 4.74. The Morgan fingerprint density at radius 3 is 2.57 bits per heavy atom. The number of ether oxygens (including phenoxy) is 1. The predicted octanol–water partition coefficient (Wildman–Crippen LogP) is 4.16. The van der Waals surface area contributed by atoms with E-state index in [0.29, 0.717) is 12.6 Å². The molecule has 1 fully saturated rings. The Morgan fingerprint density at radius 1 is 1.18 bits per heavy atom. The van der Waals surface area contributed by atoms with E-state index in [9.17, 15) is 0 Å². The summed E-state index contributed by atoms with van der Waals surface area (Å²) in [6, 6.07) is 17.2. The van der Waals surface area contributed by atoms with Crippen LogP contribution < -0.4 is 15.5 Å². The summed E-state index contributed by atoms with van der Waals surface area (Å²) in [4.78, 5) is 6.78. The molecular formula is C21H28BrIN4O. The molecule has 2 aromatic rings. The summed E-state index contributed by atoms with van der Waals surface area (Å²) in [5.41, 5.74) is 3.65. The van der Waals surface area contributed by atoms with Crippen LogP contribution in [0.4, 0.5) is 5.69 Å². The summed E-state index contributed by atoms with van der Waals surface area (Å²) >= 11 is 3.65. The topological polar surface area (TPSA) is 48.9 Å². The van der Waals surface area contributed by atoms with Crippen molar-refractivity contribution < 1.29 is 4.74 Å². The predicted molar refractivity (Wildman–Crippen MR) is 131 cm³/mol. The molecule has 0 saturated carbocycles. The van der Waals surface area contributed by atoms with E-state index in [2.05, 4.69) is 78.9 Å². The van der Waals surface area contributed by atoms with Gasteiger partial charge in [0.05, 0.1) is 12.3 Å². The molecule has 0 aromatic heterocycles. The second-order valence-corrected chi connectivity index (χ2v) is 7.56. The maximum absolute atomic E-state index is 5.15. The lowest BCUT2D eigenvalue weighted by molar-refractivity contribution is 0.185. The molecule has 1 aliphatic rings. The Hall–Kier alpha value is -1.32. The van der Waals surface area contributed by atoms with Crippen molar-refractivity contribution in [3.63, 3.8) is 0 Å². The molecule has 3 rings (SSSR count). The van der Waals surface area contributed by atoms with Crippen molar-refractivity contribution in [3.8, 4) is 0 Å². The molecule has 28 heavy (non-hydrogen) atoms. The van der Waals surface area contributed by atoms with E-state index in [1.165, 1.54) is 16.8 Å². The van der Waals surface area contributed by atoms with Crippen LogP contribution in [0, 0.1) is 0 Å². The smallest absolute Gasteiger partial charge is 0.191 e. The average molecular weight is 559 g/mol. The molecule has 0 spiro atoms. The molecule has 1 atom stereocenters. The van der Waals surface area contributed by atoms with Gasteiger partial charge in [0, 0.05) is 44.3 Å². The van der Waals surface area contributed by atoms with Crippen molar-refractivity contribution in [2.45, 2.75) is 25.6 Å². The number of nitrogens with zero attached hydrogens (tertiary/aromatic N) is 2. The van der Waals surface area contributed by atoms with E-state index in [4.69, 9.17) is 4.74 Å². The largest absolute Gasteiger partial charge is 0.380 e. The van der Waals surface area contributed by atoms with Gasteiger partial charge in [-0.15, -0.1) is 24.0 Å². The molecule has 2 N–H and O–H groups in total. The highest BCUT2D eigenvalue weighted by Crippen LogP contribution is 2.28. The molecule has 0 amide bonds. The van der Waals surface area contributed by atoms with Crippen molar-refractivity contribution in [3.05, 3.63) is 64.1 Å². The summed E-state index contributed by atoms with van der Waals surface area (Å²) in [5, 5.41) is 6.96. The normalized spacial score (nSPS) is 16.6. The molecule has 1 heterocycles. The summed E-state index contributed by atoms with van der Waals surface area (Å²) in [7, 11) is 3.53. The number of benzene rings is 2. The number of aliphatic imine (C=N–C) groups is 1. The molecule has 2 aromatic carbocycles. The highest BCUT2D eigenvalue weighted by Gasteiger charge is 2.24. The monoisotopic (exact) mass is 558 g/mol. The second-order valence-electron chi connectivity index (χ2n) is 6.70. The van der Waals surface area contributed by atoms with Crippen LogP contribution in [0.5, 0.6) is 0 Å². The first-order valence-electron chi connectivity index (χ1n) is 9.23. The van der Waals surface area contributed by atoms with Crippen LogP contribution >= 0.6 is 39.9 Å². The van der Waals surface area contributed by atoms with Crippen LogP contribution in [0.1, 0.15) is 17.5 Å². The average Bonchev–Trinajstić information content (AvgIpc) is 3.15. The van der Waals surface area contributed by atoms with Gasteiger partial charge in [-0.05, 0) is 45.6 Å². The molecule has 0 radical (unpaired) electrons. The fourth-order valence-corrected chi connectivity index (χ4v) is 3.83. The van der Waals surface area contributed by atoms with Gasteiger partial charge in [0.25, 0.3) is 0 Å². The number of halogens is 2. The zero-order valence-electron chi connectivity index (χ0n) is 16.3. The minimum absolute atomic E-state index is 0. The van der Waals surface area contributed by atoms with E-state index in [1.807, 2.05) is 13.1 Å². The molecule has 152 valence electrons. The maximum atomic E-state index is 5.15. The Morgan fingerprint density at radius 2 is 1.89 bits per heavy atom. The molecule has 0 bridgehead atoms. The molecule has 5 nitrogen and oxygen atoms in total. The summed E-state index contributed by atoms with van der Waals surface area (Å²) in [6.45, 7) is 3.40. The summed E-state index contributed by atoms with van der Waals surface area (Å²) in [5.74, 6) is 0.843. The van der Waals surface area contributed by atoms with Gasteiger partial charge in [-0.3, -0.25) is 4.99 Å². The van der Waals surface area contributed by atoms with Crippen molar-refractivity contribution in [1.29, 1.82) is 0 Å². The van der Waals surface area contributed by atoms with E-state index in [-0.39, 0.29) is 24.0 Å². The van der Waals surface area contributed by atoms with Crippen LogP contribution in [0.15, 0.2) is 58.0 Å². The number of nitrogens with one attached hydrogen (secondary N) is 2. The summed E-state index contributed by atoms with van der Waals surface area (Å²) in [6.07, 6.45) is 1.09. The third kappa shape index (κ3) is 6.35. The standard InChI is InChI=1S/C21H27BrN4O.HI/c1-23-21(24-13-16-7-9-17(10-8-16)15-27-2)25-18-11-12-26(14-18)20-6-4-3-5-19(20)22;/h3-10,18H,11-15H2,1-2H3,(H2,23,24,25);1H. The molecule has 1 aliphatic heterocycles. The van der Waals surface area contributed by atoms with Crippen LogP contribution in [-0.4, -0.2) is 39.2 Å². The molecule has 1 saturated heterocycles. The van der Waals surface area contributed by atoms with Gasteiger partial charge in [-0.25, -0.2) is 0 Å². The molecule has 7 heteroatoms. The lowest BCUT2D eigenvalue weighted by Gasteiger charge is -2.21. The van der Waals surface area contributed by atoms with Crippen LogP contribution in [0.2, 0.25) is 0 Å². The SMILES string of the molecule is CN=C(NCc1ccc(COC)cc1)NC1CCN(c2ccccc2Br)C1.I. The van der Waals surface area contributed by atoms with Crippen molar-refractivity contribution in [1.82, 2.24) is 10.6 Å². The zero-order valence-corrected chi connectivity index (χ0v) is 20.2. The quantitative estimate of drug-likeness (QED) is 0.317. The molecule has 1 unspecified atom stereocenters. The number of methoxy groups -OCH3 is 1. The van der Waals surface area contributed by atoms with Gasteiger partial charge in [0.15, 0.2) is 5.96 Å². The Bertz CT molecular complexity index is 769. The minimum Gasteiger partial charge on any atom is -0.380 e. The number of hydrogen-bond donors (Lipinski definition) is 2. The fraction of sp³-hybridized carbons (Fsp3) is 0.381. The first-order chi connectivity index (χ1) is 13.2. The van der Waals surface area contributed by atoms with Gasteiger partial charge in [0.2, 0.25) is 0 Å². The van der Waals surface area contributed by atoms with E-state index in [1.54, 1.807) is 7.11 Å². The van der Waals surface area contributed by atoms with Gasteiger partial charge in [-0.1, -0.05) is 36.4 Å². The van der Waals surface area contributed by atoms with Crippen molar-refractivity contribution in [2.24, 2.45) is 4.99 Å². The Balaban J connectivity index is 0.00000280. The van der Waals surface area contributed by atoms with Gasteiger partial charge in [0.1, 0.15) is 0 Å². The van der Waals surface area contributed by atoms with Crippen molar-refractivity contribution in [2.75, 3.05) is 32.1 Å². The minimum atomic E-state index is 0. The fourth-order valence-electron chi connectivity index (χ4n) is 3.30. The van der Waals surface area contributed by atoms with Crippen LogP contribution in [0.3, 0.4) is 0 Å². The number of guanidine groups is 1. The van der Waals surface area contributed by atoms with E-state index < -0.39 is 0 Å². The summed E-state index contributed by atoms with van der Waals surface area (Å²) < 4.78 is 6.30. The molecule has 0 aliphatic carbocycles. The lowest BCUT2D eigenvalue weighted by Crippen LogP contribution is -2.44. The van der Waals surface area contributed by atoms with Crippen molar-refractivity contribution >= 4 is 51.6 Å². The first-order valence-corrected chi connectivity index (χ1v) is 10.0. The van der Waals surface area contributed by atoms with E-state index in [0.717, 1.165) is 36.5 Å². The first kappa shape index (κ1) is 23.0. The number of hydrogen-bond acceptors (Lipinski definition) is 3. The van der Waals surface area contributed by atoms with Crippen LogP contribution in [0.25, 0.3) is 0 Å². The zero-order chi connectivity index (χ0) is 19.1. The Kier molecular flexibility index (Phi) is 9.53. The van der Waals surface area contributed by atoms with Crippen LogP contribution in [-0.2, 0) is 17.9 Å². The van der Waals surface area contributed by atoms with Gasteiger partial charge >= 0.3 is 0 Å².